The van der Waals surface area contributed by atoms with E-state index >= 15 is 0 Å². The van der Waals surface area contributed by atoms with Crippen molar-refractivity contribution in [1.82, 2.24) is 9.88 Å². The van der Waals surface area contributed by atoms with Gasteiger partial charge in [-0.05, 0) is 44.9 Å². The maximum absolute atomic E-state index is 12.4. The highest BCUT2D eigenvalue weighted by atomic mass is 32.1. The van der Waals surface area contributed by atoms with Crippen LogP contribution in [0.1, 0.15) is 24.8 Å². The van der Waals surface area contributed by atoms with E-state index < -0.39 is 0 Å². The number of thiazole rings is 1. The molecule has 118 valence electrons. The molecule has 2 atom stereocenters. The van der Waals surface area contributed by atoms with Crippen LogP contribution in [0.5, 0.6) is 0 Å². The summed E-state index contributed by atoms with van der Waals surface area (Å²) in [7, 11) is 0. The second kappa shape index (κ2) is 6.22. The third-order valence-corrected chi connectivity index (χ3v) is 5.11. The SMILES string of the molecule is Cc1nc2ccc(NC(=O)N3CCCC(C(C)O)C3)cc2s1. The van der Waals surface area contributed by atoms with E-state index in [2.05, 4.69) is 10.3 Å². The van der Waals surface area contributed by atoms with Crippen molar-refractivity contribution in [3.8, 4) is 0 Å². The maximum atomic E-state index is 12.4. The van der Waals surface area contributed by atoms with Crippen LogP contribution in [0, 0.1) is 12.8 Å². The summed E-state index contributed by atoms with van der Waals surface area (Å²) in [6, 6.07) is 5.69. The lowest BCUT2D eigenvalue weighted by atomic mass is 9.94. The number of nitrogens with zero attached hydrogens (tertiary/aromatic N) is 2. The van der Waals surface area contributed by atoms with Gasteiger partial charge in [0.15, 0.2) is 0 Å². The van der Waals surface area contributed by atoms with Gasteiger partial charge in [0.05, 0.1) is 21.3 Å². The fourth-order valence-electron chi connectivity index (χ4n) is 2.91. The number of carbonyl (C=O) groups excluding carboxylic acids is 1. The topological polar surface area (TPSA) is 65.5 Å². The first kappa shape index (κ1) is 15.2. The Hall–Kier alpha value is -1.66. The number of amides is 2. The van der Waals surface area contributed by atoms with Crippen LogP contribution < -0.4 is 5.32 Å². The van der Waals surface area contributed by atoms with Gasteiger partial charge in [-0.25, -0.2) is 9.78 Å². The number of aliphatic hydroxyl groups excluding tert-OH is 1. The molecule has 0 saturated carbocycles. The molecule has 22 heavy (non-hydrogen) atoms. The third-order valence-electron chi connectivity index (χ3n) is 4.17. The zero-order chi connectivity index (χ0) is 15.7. The van der Waals surface area contributed by atoms with Crippen LogP contribution in [-0.2, 0) is 0 Å². The lowest BCUT2D eigenvalue weighted by Gasteiger charge is -2.34. The summed E-state index contributed by atoms with van der Waals surface area (Å²) < 4.78 is 1.08. The van der Waals surface area contributed by atoms with Gasteiger partial charge in [0.1, 0.15) is 0 Å². The molecule has 2 N–H and O–H groups in total. The molecule has 0 radical (unpaired) electrons. The van der Waals surface area contributed by atoms with Crippen LogP contribution in [0.4, 0.5) is 10.5 Å². The van der Waals surface area contributed by atoms with E-state index in [1.807, 2.05) is 25.1 Å². The molecule has 2 heterocycles. The summed E-state index contributed by atoms with van der Waals surface area (Å²) >= 11 is 1.62. The van der Waals surface area contributed by atoms with Gasteiger partial charge in [0.2, 0.25) is 0 Å². The van der Waals surface area contributed by atoms with Gasteiger partial charge in [-0.2, -0.15) is 0 Å². The van der Waals surface area contributed by atoms with Crippen molar-refractivity contribution in [3.63, 3.8) is 0 Å². The Morgan fingerprint density at radius 3 is 3.14 bits per heavy atom. The van der Waals surface area contributed by atoms with E-state index in [0.717, 1.165) is 40.3 Å². The molecule has 2 aromatic rings. The van der Waals surface area contributed by atoms with Crippen molar-refractivity contribution in [2.45, 2.75) is 32.8 Å². The molecule has 2 amide bonds. The van der Waals surface area contributed by atoms with Crippen molar-refractivity contribution in [1.29, 1.82) is 0 Å². The zero-order valence-electron chi connectivity index (χ0n) is 12.9. The zero-order valence-corrected chi connectivity index (χ0v) is 13.7. The molecule has 1 aliphatic rings. The molecule has 0 spiro atoms. The van der Waals surface area contributed by atoms with Crippen LogP contribution in [-0.4, -0.2) is 40.2 Å². The second-order valence-corrected chi connectivity index (χ2v) is 7.17. The van der Waals surface area contributed by atoms with Crippen LogP contribution in [0.2, 0.25) is 0 Å². The first-order chi connectivity index (χ1) is 10.5. The summed E-state index contributed by atoms with van der Waals surface area (Å²) in [6.45, 7) is 5.14. The van der Waals surface area contributed by atoms with Gasteiger partial charge in [0, 0.05) is 24.7 Å². The number of nitrogens with one attached hydrogen (secondary N) is 1. The summed E-state index contributed by atoms with van der Waals surface area (Å²) in [5.41, 5.74) is 1.76. The smallest absolute Gasteiger partial charge is 0.321 e. The largest absolute Gasteiger partial charge is 0.393 e. The van der Waals surface area contributed by atoms with E-state index in [9.17, 15) is 9.90 Å². The van der Waals surface area contributed by atoms with E-state index in [0.29, 0.717) is 6.54 Å². The highest BCUT2D eigenvalue weighted by Crippen LogP contribution is 2.25. The number of anilines is 1. The van der Waals surface area contributed by atoms with E-state index in [1.54, 1.807) is 23.2 Å². The van der Waals surface area contributed by atoms with Crippen molar-refractivity contribution >= 4 is 33.3 Å². The minimum Gasteiger partial charge on any atom is -0.393 e. The highest BCUT2D eigenvalue weighted by Gasteiger charge is 2.26. The number of rotatable bonds is 2. The molecule has 0 bridgehead atoms. The Morgan fingerprint density at radius 1 is 1.55 bits per heavy atom. The maximum Gasteiger partial charge on any atom is 0.321 e. The summed E-state index contributed by atoms with van der Waals surface area (Å²) in [6.07, 6.45) is 1.55. The second-order valence-electron chi connectivity index (χ2n) is 5.93. The molecule has 3 rings (SSSR count). The van der Waals surface area contributed by atoms with Crippen LogP contribution >= 0.6 is 11.3 Å². The number of likely N-dealkylation sites (tertiary alicyclic amines) is 1. The standard InChI is InChI=1S/C16H21N3O2S/c1-10(20)12-4-3-7-19(9-12)16(21)18-13-5-6-14-15(8-13)22-11(2)17-14/h5-6,8,10,12,20H,3-4,7,9H2,1-2H3,(H,18,21). The van der Waals surface area contributed by atoms with Crippen molar-refractivity contribution < 1.29 is 9.90 Å². The minimum atomic E-state index is -0.368. The number of hydrogen-bond acceptors (Lipinski definition) is 4. The number of piperidine rings is 1. The van der Waals surface area contributed by atoms with Gasteiger partial charge in [-0.3, -0.25) is 0 Å². The first-order valence-electron chi connectivity index (χ1n) is 7.64. The average molecular weight is 319 g/mol. The predicted molar refractivity (Wildman–Crippen MR) is 89.4 cm³/mol. The molecule has 0 aliphatic carbocycles. The molecular formula is C16H21N3O2S. The van der Waals surface area contributed by atoms with E-state index in [1.165, 1.54) is 0 Å². The van der Waals surface area contributed by atoms with Crippen LogP contribution in [0.15, 0.2) is 18.2 Å². The molecule has 2 unspecified atom stereocenters. The first-order valence-corrected chi connectivity index (χ1v) is 8.46. The number of aliphatic hydroxyl groups is 1. The lowest BCUT2D eigenvalue weighted by molar-refractivity contribution is 0.0766. The minimum absolute atomic E-state index is 0.0917. The predicted octanol–water partition coefficient (Wildman–Crippen LogP) is 3.23. The normalized spacial score (nSPS) is 20.1. The molecule has 1 aliphatic heterocycles. The summed E-state index contributed by atoms with van der Waals surface area (Å²) in [5, 5.41) is 13.7. The van der Waals surface area contributed by atoms with Gasteiger partial charge in [0.25, 0.3) is 0 Å². The molecule has 1 saturated heterocycles. The van der Waals surface area contributed by atoms with E-state index in [4.69, 9.17) is 0 Å². The number of aryl methyl sites for hydroxylation is 1. The monoisotopic (exact) mass is 319 g/mol. The van der Waals surface area contributed by atoms with Crippen molar-refractivity contribution in [2.75, 3.05) is 18.4 Å². The molecule has 5 nitrogen and oxygen atoms in total. The molecule has 1 fully saturated rings. The fourth-order valence-corrected chi connectivity index (χ4v) is 3.77. The van der Waals surface area contributed by atoms with E-state index in [-0.39, 0.29) is 18.1 Å². The quantitative estimate of drug-likeness (QED) is 0.893. The van der Waals surface area contributed by atoms with Gasteiger partial charge >= 0.3 is 6.03 Å². The number of carbonyl (C=O) groups is 1. The molecule has 1 aromatic heterocycles. The molecule has 1 aromatic carbocycles. The Balaban J connectivity index is 1.69. The number of benzene rings is 1. The Bertz CT molecular complexity index is 683. The number of hydrogen-bond donors (Lipinski definition) is 2. The number of aromatic nitrogens is 1. The van der Waals surface area contributed by atoms with Gasteiger partial charge in [-0.1, -0.05) is 0 Å². The van der Waals surface area contributed by atoms with Crippen LogP contribution in [0.25, 0.3) is 10.2 Å². The Morgan fingerprint density at radius 2 is 2.36 bits per heavy atom. The van der Waals surface area contributed by atoms with Crippen molar-refractivity contribution in [3.05, 3.63) is 23.2 Å². The lowest BCUT2D eigenvalue weighted by Crippen LogP contribution is -2.44. The van der Waals surface area contributed by atoms with Gasteiger partial charge in [-0.15, -0.1) is 11.3 Å². The average Bonchev–Trinajstić information content (AvgIpc) is 2.86. The Labute approximate surface area is 134 Å². The summed E-state index contributed by atoms with van der Waals surface area (Å²) in [5.74, 6) is 0.172. The fraction of sp³-hybridized carbons (Fsp3) is 0.500. The number of urea groups is 1. The Kier molecular flexibility index (Phi) is 4.31. The van der Waals surface area contributed by atoms with Gasteiger partial charge < -0.3 is 15.3 Å². The molecular weight excluding hydrogens is 298 g/mol. The summed E-state index contributed by atoms with van der Waals surface area (Å²) in [4.78, 5) is 18.6. The highest BCUT2D eigenvalue weighted by molar-refractivity contribution is 7.18. The third kappa shape index (κ3) is 3.23. The van der Waals surface area contributed by atoms with Crippen LogP contribution in [0.3, 0.4) is 0 Å². The number of fused-ring (bicyclic) bond motifs is 1. The molecule has 6 heteroatoms. The van der Waals surface area contributed by atoms with Crippen molar-refractivity contribution in [2.24, 2.45) is 5.92 Å².